The van der Waals surface area contributed by atoms with E-state index in [0.717, 1.165) is 0 Å². The van der Waals surface area contributed by atoms with E-state index in [1.54, 1.807) is 16.7 Å². The van der Waals surface area contributed by atoms with Gasteiger partial charge in [0, 0.05) is 12.1 Å². The van der Waals surface area contributed by atoms with Crippen LogP contribution in [0.4, 0.5) is 0 Å². The molecule has 2 amide bonds. The minimum atomic E-state index is -0.325. The van der Waals surface area contributed by atoms with Gasteiger partial charge in [-0.3, -0.25) is 9.59 Å². The van der Waals surface area contributed by atoms with Crippen LogP contribution in [0.15, 0.2) is 0 Å². The molecule has 86 valence electrons. The number of carbonyl (C=O) groups excluding carboxylic acids is 2. The Morgan fingerprint density at radius 3 is 2.07 bits per heavy atom. The van der Waals surface area contributed by atoms with Gasteiger partial charge in [0.05, 0.1) is 0 Å². The van der Waals surface area contributed by atoms with Crippen molar-refractivity contribution in [2.75, 3.05) is 6.54 Å². The number of amides is 2. The van der Waals surface area contributed by atoms with Crippen molar-refractivity contribution in [3.05, 3.63) is 0 Å². The van der Waals surface area contributed by atoms with Crippen molar-refractivity contribution in [2.45, 2.75) is 52.7 Å². The number of piperazine rings is 1. The Labute approximate surface area is 91.2 Å². The van der Waals surface area contributed by atoms with Gasteiger partial charge in [0.1, 0.15) is 12.6 Å². The van der Waals surface area contributed by atoms with Gasteiger partial charge in [-0.25, -0.2) is 0 Å². The number of rotatable bonds is 2. The Morgan fingerprint density at radius 2 is 1.67 bits per heavy atom. The summed E-state index contributed by atoms with van der Waals surface area (Å²) in [5, 5.41) is 0. The highest BCUT2D eigenvalue weighted by Gasteiger charge is 2.38. The van der Waals surface area contributed by atoms with Gasteiger partial charge < -0.3 is 9.80 Å². The molecule has 1 fully saturated rings. The van der Waals surface area contributed by atoms with E-state index >= 15 is 0 Å². The Bertz CT molecular complexity index is 274. The van der Waals surface area contributed by atoms with Gasteiger partial charge in [0.15, 0.2) is 0 Å². The van der Waals surface area contributed by atoms with Crippen LogP contribution in [0.5, 0.6) is 0 Å². The van der Waals surface area contributed by atoms with E-state index in [2.05, 4.69) is 0 Å². The first-order valence-electron chi connectivity index (χ1n) is 5.48. The fraction of sp³-hybridized carbons (Fsp3) is 0.818. The monoisotopic (exact) mass is 212 g/mol. The summed E-state index contributed by atoms with van der Waals surface area (Å²) in [6, 6.07) is -0.141. The van der Waals surface area contributed by atoms with Crippen LogP contribution in [-0.4, -0.2) is 46.3 Å². The van der Waals surface area contributed by atoms with Crippen LogP contribution in [0, 0.1) is 0 Å². The maximum atomic E-state index is 12.0. The first kappa shape index (κ1) is 12.0. The Morgan fingerprint density at radius 1 is 1.13 bits per heavy atom. The van der Waals surface area contributed by atoms with Crippen molar-refractivity contribution in [3.8, 4) is 0 Å². The van der Waals surface area contributed by atoms with Crippen molar-refractivity contribution in [2.24, 2.45) is 0 Å². The lowest BCUT2D eigenvalue weighted by Crippen LogP contribution is -2.62. The molecule has 1 heterocycles. The molecule has 15 heavy (non-hydrogen) atoms. The molecule has 0 N–H and O–H groups in total. The molecule has 0 aliphatic carbocycles. The molecule has 1 rings (SSSR count). The summed E-state index contributed by atoms with van der Waals surface area (Å²) in [6.45, 7) is 9.76. The lowest BCUT2D eigenvalue weighted by Gasteiger charge is -2.42. The first-order chi connectivity index (χ1) is 6.86. The molecular formula is C11H20N2O2. The minimum absolute atomic E-state index is 0.0470. The second-order valence-corrected chi connectivity index (χ2v) is 4.63. The van der Waals surface area contributed by atoms with Gasteiger partial charge >= 0.3 is 0 Å². The average Bonchev–Trinajstić information content (AvgIpc) is 2.10. The molecule has 1 saturated heterocycles. The van der Waals surface area contributed by atoms with Gasteiger partial charge in [-0.2, -0.15) is 0 Å². The molecule has 1 aliphatic heterocycles. The van der Waals surface area contributed by atoms with Gasteiger partial charge in [-0.1, -0.05) is 0 Å². The zero-order valence-electron chi connectivity index (χ0n) is 10.2. The quantitative estimate of drug-likeness (QED) is 0.681. The molecule has 0 bridgehead atoms. The number of hydrogen-bond donors (Lipinski definition) is 0. The van der Waals surface area contributed by atoms with E-state index < -0.39 is 0 Å². The molecule has 4 nitrogen and oxygen atoms in total. The number of nitrogens with zero attached hydrogens (tertiary/aromatic N) is 2. The van der Waals surface area contributed by atoms with E-state index in [1.807, 2.05) is 27.7 Å². The normalized spacial score (nSPS) is 23.3. The van der Waals surface area contributed by atoms with Crippen LogP contribution in [0.3, 0.4) is 0 Å². The van der Waals surface area contributed by atoms with Crippen molar-refractivity contribution < 1.29 is 9.59 Å². The third-order valence-corrected chi connectivity index (χ3v) is 2.83. The number of hydrogen-bond acceptors (Lipinski definition) is 2. The van der Waals surface area contributed by atoms with E-state index in [-0.39, 0.29) is 36.5 Å². The van der Waals surface area contributed by atoms with Gasteiger partial charge in [0.25, 0.3) is 0 Å². The zero-order chi connectivity index (χ0) is 11.7. The highest BCUT2D eigenvalue weighted by atomic mass is 16.2. The van der Waals surface area contributed by atoms with Crippen molar-refractivity contribution in [3.63, 3.8) is 0 Å². The topological polar surface area (TPSA) is 40.6 Å². The number of carbonyl (C=O) groups is 2. The average molecular weight is 212 g/mol. The minimum Gasteiger partial charge on any atom is -0.329 e. The Hall–Kier alpha value is -1.06. The second kappa shape index (κ2) is 4.21. The molecule has 4 heteroatoms. The molecule has 1 atom stereocenters. The fourth-order valence-electron chi connectivity index (χ4n) is 2.05. The summed E-state index contributed by atoms with van der Waals surface area (Å²) in [4.78, 5) is 27.1. The van der Waals surface area contributed by atoms with E-state index in [1.165, 1.54) is 0 Å². The molecule has 0 saturated carbocycles. The van der Waals surface area contributed by atoms with Gasteiger partial charge in [0.2, 0.25) is 11.8 Å². The molecule has 1 aliphatic rings. The van der Waals surface area contributed by atoms with E-state index in [4.69, 9.17) is 0 Å². The third kappa shape index (κ3) is 2.13. The molecular weight excluding hydrogens is 192 g/mol. The predicted molar refractivity (Wildman–Crippen MR) is 58.3 cm³/mol. The largest absolute Gasteiger partial charge is 0.329 e. The smallest absolute Gasteiger partial charge is 0.245 e. The van der Waals surface area contributed by atoms with Crippen molar-refractivity contribution >= 4 is 11.8 Å². The SMILES string of the molecule is CC(C)N1CC(=O)N(C(C)C)C(C)C1=O. The van der Waals surface area contributed by atoms with Gasteiger partial charge in [-0.05, 0) is 34.6 Å². The van der Waals surface area contributed by atoms with Crippen LogP contribution >= 0.6 is 0 Å². The molecule has 0 aromatic rings. The predicted octanol–water partition coefficient (Wildman–Crippen LogP) is 0.863. The summed E-state index contributed by atoms with van der Waals surface area (Å²) in [7, 11) is 0. The molecule has 0 spiro atoms. The lowest BCUT2D eigenvalue weighted by atomic mass is 10.1. The van der Waals surface area contributed by atoms with Crippen molar-refractivity contribution in [1.82, 2.24) is 9.80 Å². The van der Waals surface area contributed by atoms with Crippen LogP contribution in [-0.2, 0) is 9.59 Å². The summed E-state index contributed by atoms with van der Waals surface area (Å²) in [5.41, 5.74) is 0. The first-order valence-corrected chi connectivity index (χ1v) is 5.48. The van der Waals surface area contributed by atoms with E-state index in [9.17, 15) is 9.59 Å². The molecule has 0 radical (unpaired) electrons. The van der Waals surface area contributed by atoms with Crippen LogP contribution in [0.25, 0.3) is 0 Å². The maximum absolute atomic E-state index is 12.0. The summed E-state index contributed by atoms with van der Waals surface area (Å²) < 4.78 is 0. The van der Waals surface area contributed by atoms with Crippen LogP contribution in [0.1, 0.15) is 34.6 Å². The molecule has 0 aromatic heterocycles. The Balaban J connectivity index is 2.89. The second-order valence-electron chi connectivity index (χ2n) is 4.63. The molecule has 1 unspecified atom stereocenters. The zero-order valence-corrected chi connectivity index (χ0v) is 10.2. The Kier molecular flexibility index (Phi) is 3.37. The lowest BCUT2D eigenvalue weighted by molar-refractivity contribution is -0.158. The van der Waals surface area contributed by atoms with Crippen LogP contribution < -0.4 is 0 Å². The highest BCUT2D eigenvalue weighted by molar-refractivity contribution is 5.94. The summed E-state index contributed by atoms with van der Waals surface area (Å²) >= 11 is 0. The fourth-order valence-corrected chi connectivity index (χ4v) is 2.05. The summed E-state index contributed by atoms with van der Waals surface area (Å²) in [5.74, 6) is 0.101. The highest BCUT2D eigenvalue weighted by Crippen LogP contribution is 2.17. The maximum Gasteiger partial charge on any atom is 0.245 e. The standard InChI is InChI=1S/C11H20N2O2/c1-7(2)12-6-10(14)13(8(3)4)9(5)11(12)15/h7-9H,6H2,1-5H3. The van der Waals surface area contributed by atoms with E-state index in [0.29, 0.717) is 0 Å². The summed E-state index contributed by atoms with van der Waals surface area (Å²) in [6.07, 6.45) is 0. The van der Waals surface area contributed by atoms with Crippen molar-refractivity contribution in [1.29, 1.82) is 0 Å². The molecule has 0 aromatic carbocycles. The van der Waals surface area contributed by atoms with Gasteiger partial charge in [-0.15, -0.1) is 0 Å². The third-order valence-electron chi connectivity index (χ3n) is 2.83. The van der Waals surface area contributed by atoms with Crippen LogP contribution in [0.2, 0.25) is 0 Å².